The lowest BCUT2D eigenvalue weighted by Gasteiger charge is -2.27. The van der Waals surface area contributed by atoms with Gasteiger partial charge >= 0.3 is 0 Å². The molecule has 1 aliphatic rings. The van der Waals surface area contributed by atoms with E-state index >= 15 is 0 Å². The largest absolute Gasteiger partial charge is 0.377 e. The summed E-state index contributed by atoms with van der Waals surface area (Å²) in [7, 11) is 0. The summed E-state index contributed by atoms with van der Waals surface area (Å²) in [5.41, 5.74) is 0. The van der Waals surface area contributed by atoms with E-state index in [1.54, 1.807) is 0 Å². The third kappa shape index (κ3) is 4.40. The Labute approximate surface area is 87.8 Å². The van der Waals surface area contributed by atoms with Crippen molar-refractivity contribution < 1.29 is 4.74 Å². The molecule has 3 heteroatoms. The Bertz CT molecular complexity index is 131. The average Bonchev–Trinajstić information content (AvgIpc) is 2.26. The van der Waals surface area contributed by atoms with Gasteiger partial charge < -0.3 is 10.1 Å². The van der Waals surface area contributed by atoms with Crippen LogP contribution in [0.4, 0.5) is 0 Å². The van der Waals surface area contributed by atoms with Gasteiger partial charge in [-0.3, -0.25) is 4.90 Å². The fourth-order valence-electron chi connectivity index (χ4n) is 1.81. The van der Waals surface area contributed by atoms with Crippen LogP contribution >= 0.6 is 0 Å². The van der Waals surface area contributed by atoms with Gasteiger partial charge in [-0.05, 0) is 12.8 Å². The SMILES string of the molecule is CCC(CC)OCCN1CCNCC1. The molecule has 14 heavy (non-hydrogen) atoms. The smallest absolute Gasteiger partial charge is 0.0597 e. The van der Waals surface area contributed by atoms with Crippen molar-refractivity contribution in [1.29, 1.82) is 0 Å². The zero-order chi connectivity index (χ0) is 10.2. The predicted molar refractivity (Wildman–Crippen MR) is 59.6 cm³/mol. The lowest BCUT2D eigenvalue weighted by atomic mass is 10.2. The van der Waals surface area contributed by atoms with E-state index in [4.69, 9.17) is 4.74 Å². The summed E-state index contributed by atoms with van der Waals surface area (Å²) < 4.78 is 5.78. The van der Waals surface area contributed by atoms with Gasteiger partial charge in [0.05, 0.1) is 12.7 Å². The maximum absolute atomic E-state index is 5.78. The topological polar surface area (TPSA) is 24.5 Å². The molecule has 0 amide bonds. The number of piperazine rings is 1. The Kier molecular flexibility index (Phi) is 6.15. The van der Waals surface area contributed by atoms with Crippen molar-refractivity contribution in [1.82, 2.24) is 10.2 Å². The molecule has 1 rings (SSSR count). The van der Waals surface area contributed by atoms with Gasteiger partial charge in [0.1, 0.15) is 0 Å². The molecule has 0 unspecified atom stereocenters. The van der Waals surface area contributed by atoms with Crippen LogP contribution in [0.5, 0.6) is 0 Å². The second-order valence-corrected chi connectivity index (χ2v) is 3.90. The second-order valence-electron chi connectivity index (χ2n) is 3.90. The van der Waals surface area contributed by atoms with E-state index in [9.17, 15) is 0 Å². The summed E-state index contributed by atoms with van der Waals surface area (Å²) in [6, 6.07) is 0. The molecule has 0 radical (unpaired) electrons. The lowest BCUT2D eigenvalue weighted by Crippen LogP contribution is -2.44. The van der Waals surface area contributed by atoms with E-state index in [0.717, 1.165) is 39.1 Å². The molecule has 0 aromatic rings. The number of hydrogen-bond acceptors (Lipinski definition) is 3. The highest BCUT2D eigenvalue weighted by molar-refractivity contribution is 4.67. The first-order valence-corrected chi connectivity index (χ1v) is 5.91. The molecule has 0 bridgehead atoms. The predicted octanol–water partition coefficient (Wildman–Crippen LogP) is 1.10. The monoisotopic (exact) mass is 200 g/mol. The number of hydrogen-bond donors (Lipinski definition) is 1. The third-order valence-corrected chi connectivity index (χ3v) is 2.88. The van der Waals surface area contributed by atoms with E-state index in [0.29, 0.717) is 6.10 Å². The molecule has 0 spiro atoms. The Morgan fingerprint density at radius 2 is 1.86 bits per heavy atom. The van der Waals surface area contributed by atoms with Crippen LogP contribution in [-0.4, -0.2) is 50.3 Å². The van der Waals surface area contributed by atoms with Crippen LogP contribution in [0.15, 0.2) is 0 Å². The highest BCUT2D eigenvalue weighted by atomic mass is 16.5. The van der Waals surface area contributed by atoms with Gasteiger partial charge in [-0.1, -0.05) is 13.8 Å². The van der Waals surface area contributed by atoms with Gasteiger partial charge in [0.15, 0.2) is 0 Å². The maximum atomic E-state index is 5.78. The van der Waals surface area contributed by atoms with Gasteiger partial charge in [-0.2, -0.15) is 0 Å². The fraction of sp³-hybridized carbons (Fsp3) is 1.00. The Morgan fingerprint density at radius 1 is 1.21 bits per heavy atom. The maximum Gasteiger partial charge on any atom is 0.0597 e. The summed E-state index contributed by atoms with van der Waals surface area (Å²) in [5.74, 6) is 0. The Morgan fingerprint density at radius 3 is 2.43 bits per heavy atom. The minimum absolute atomic E-state index is 0.470. The molecule has 1 heterocycles. The first kappa shape index (κ1) is 12.0. The van der Waals surface area contributed by atoms with E-state index in [2.05, 4.69) is 24.1 Å². The minimum atomic E-state index is 0.470. The fourth-order valence-corrected chi connectivity index (χ4v) is 1.81. The molecule has 84 valence electrons. The van der Waals surface area contributed by atoms with E-state index < -0.39 is 0 Å². The Hall–Kier alpha value is -0.120. The van der Waals surface area contributed by atoms with Gasteiger partial charge in [0, 0.05) is 32.7 Å². The molecule has 1 fully saturated rings. The number of nitrogens with one attached hydrogen (secondary N) is 1. The van der Waals surface area contributed by atoms with Crippen molar-refractivity contribution in [3.63, 3.8) is 0 Å². The van der Waals surface area contributed by atoms with E-state index in [-0.39, 0.29) is 0 Å². The van der Waals surface area contributed by atoms with Crippen LogP contribution in [0.3, 0.4) is 0 Å². The van der Waals surface area contributed by atoms with Crippen LogP contribution in [0.2, 0.25) is 0 Å². The van der Waals surface area contributed by atoms with Gasteiger partial charge in [0.25, 0.3) is 0 Å². The van der Waals surface area contributed by atoms with Crippen molar-refractivity contribution in [2.75, 3.05) is 39.3 Å². The quantitative estimate of drug-likeness (QED) is 0.695. The minimum Gasteiger partial charge on any atom is -0.377 e. The molecule has 3 nitrogen and oxygen atoms in total. The second kappa shape index (κ2) is 7.21. The van der Waals surface area contributed by atoms with Crippen LogP contribution < -0.4 is 5.32 Å². The highest BCUT2D eigenvalue weighted by Crippen LogP contribution is 2.02. The third-order valence-electron chi connectivity index (χ3n) is 2.88. The summed E-state index contributed by atoms with van der Waals surface area (Å²) >= 11 is 0. The van der Waals surface area contributed by atoms with Gasteiger partial charge in [-0.25, -0.2) is 0 Å². The lowest BCUT2D eigenvalue weighted by molar-refractivity contribution is 0.0315. The van der Waals surface area contributed by atoms with Gasteiger partial charge in [-0.15, -0.1) is 0 Å². The molecule has 0 aromatic carbocycles. The average molecular weight is 200 g/mol. The summed E-state index contributed by atoms with van der Waals surface area (Å²) in [6.07, 6.45) is 2.74. The molecular weight excluding hydrogens is 176 g/mol. The molecular formula is C11H24N2O. The molecule has 0 saturated carbocycles. The first-order chi connectivity index (χ1) is 6.86. The normalized spacial score (nSPS) is 19.1. The van der Waals surface area contributed by atoms with Crippen molar-refractivity contribution in [2.45, 2.75) is 32.8 Å². The van der Waals surface area contributed by atoms with Crippen LogP contribution in [0, 0.1) is 0 Å². The standard InChI is InChI=1S/C11H24N2O/c1-3-11(4-2)14-10-9-13-7-5-12-6-8-13/h11-12H,3-10H2,1-2H3. The molecule has 0 atom stereocenters. The van der Waals surface area contributed by atoms with E-state index in [1.807, 2.05) is 0 Å². The van der Waals surface area contributed by atoms with Crippen molar-refractivity contribution in [3.8, 4) is 0 Å². The number of ether oxygens (including phenoxy) is 1. The molecule has 1 aliphatic heterocycles. The Balaban J connectivity index is 2.01. The zero-order valence-corrected chi connectivity index (χ0v) is 9.59. The van der Waals surface area contributed by atoms with Crippen molar-refractivity contribution in [3.05, 3.63) is 0 Å². The summed E-state index contributed by atoms with van der Waals surface area (Å²) in [5, 5.41) is 3.35. The first-order valence-electron chi connectivity index (χ1n) is 5.91. The van der Waals surface area contributed by atoms with Gasteiger partial charge in [0.2, 0.25) is 0 Å². The van der Waals surface area contributed by atoms with E-state index in [1.165, 1.54) is 13.1 Å². The number of nitrogens with zero attached hydrogens (tertiary/aromatic N) is 1. The van der Waals surface area contributed by atoms with Crippen molar-refractivity contribution >= 4 is 0 Å². The molecule has 0 aliphatic carbocycles. The molecule has 1 saturated heterocycles. The van der Waals surface area contributed by atoms with Crippen LogP contribution in [-0.2, 0) is 4.74 Å². The van der Waals surface area contributed by atoms with Crippen LogP contribution in [0.25, 0.3) is 0 Å². The van der Waals surface area contributed by atoms with Crippen LogP contribution in [0.1, 0.15) is 26.7 Å². The zero-order valence-electron chi connectivity index (χ0n) is 9.59. The number of rotatable bonds is 6. The van der Waals surface area contributed by atoms with Crippen molar-refractivity contribution in [2.24, 2.45) is 0 Å². The molecule has 0 aromatic heterocycles. The summed E-state index contributed by atoms with van der Waals surface area (Å²) in [4.78, 5) is 2.47. The summed E-state index contributed by atoms with van der Waals surface area (Å²) in [6.45, 7) is 11.0. The molecule has 1 N–H and O–H groups in total. The highest BCUT2D eigenvalue weighted by Gasteiger charge is 2.09.